The van der Waals surface area contributed by atoms with Crippen molar-refractivity contribution in [1.82, 2.24) is 9.97 Å². The summed E-state index contributed by atoms with van der Waals surface area (Å²) in [6.07, 6.45) is 3.05. The highest BCUT2D eigenvalue weighted by atomic mass is 35.5. The molecule has 2 heterocycles. The minimum absolute atomic E-state index is 0.226. The predicted octanol–water partition coefficient (Wildman–Crippen LogP) is 3.78. The lowest BCUT2D eigenvalue weighted by Gasteiger charge is -2.14. The van der Waals surface area contributed by atoms with Gasteiger partial charge in [0.1, 0.15) is 5.82 Å². The van der Waals surface area contributed by atoms with Gasteiger partial charge in [-0.05, 0) is 31.4 Å². The molecule has 3 N–H and O–H groups in total. The molecule has 6 heteroatoms. The van der Waals surface area contributed by atoms with Crippen molar-refractivity contribution in [2.45, 2.75) is 19.3 Å². The number of fused-ring (bicyclic) bond motifs is 1. The Hall–Kier alpha value is -1.52. The van der Waals surface area contributed by atoms with Crippen LogP contribution in [-0.2, 0) is 6.42 Å². The predicted molar refractivity (Wildman–Crippen MR) is 83.3 cm³/mol. The summed E-state index contributed by atoms with van der Waals surface area (Å²) in [6, 6.07) is 5.42. The quantitative estimate of drug-likeness (QED) is 0.841. The van der Waals surface area contributed by atoms with Crippen molar-refractivity contribution < 1.29 is 0 Å². The molecular weight excluding hydrogens is 295 g/mol. The molecule has 0 amide bonds. The monoisotopic (exact) mass is 308 g/mol. The van der Waals surface area contributed by atoms with E-state index in [1.165, 1.54) is 0 Å². The number of hydrogen-bond acceptors (Lipinski definition) is 4. The second-order valence-electron chi connectivity index (χ2n) is 4.74. The smallest absolute Gasteiger partial charge is 0.222 e. The molecule has 0 atom stereocenters. The zero-order valence-electron chi connectivity index (χ0n) is 10.8. The molecule has 2 aromatic rings. The van der Waals surface area contributed by atoms with Gasteiger partial charge in [-0.15, -0.1) is 0 Å². The van der Waals surface area contributed by atoms with Crippen LogP contribution in [0.5, 0.6) is 0 Å². The molecule has 1 aromatic heterocycles. The van der Waals surface area contributed by atoms with Crippen molar-refractivity contribution in [2.24, 2.45) is 0 Å². The Morgan fingerprint density at radius 3 is 2.60 bits per heavy atom. The summed E-state index contributed by atoms with van der Waals surface area (Å²) in [7, 11) is 0. The van der Waals surface area contributed by atoms with Crippen LogP contribution in [0.15, 0.2) is 18.2 Å². The van der Waals surface area contributed by atoms with Gasteiger partial charge in [-0.1, -0.05) is 29.3 Å². The van der Waals surface area contributed by atoms with E-state index in [9.17, 15) is 0 Å². The lowest BCUT2D eigenvalue weighted by Crippen LogP contribution is -2.08. The highest BCUT2D eigenvalue weighted by Crippen LogP contribution is 2.38. The van der Waals surface area contributed by atoms with E-state index in [0.717, 1.165) is 48.4 Å². The fourth-order valence-electron chi connectivity index (χ4n) is 2.45. The summed E-state index contributed by atoms with van der Waals surface area (Å²) in [5.41, 5.74) is 8.32. The maximum atomic E-state index is 6.29. The number of halogens is 2. The molecule has 1 aromatic carbocycles. The van der Waals surface area contributed by atoms with Gasteiger partial charge in [0.15, 0.2) is 0 Å². The Labute approximate surface area is 127 Å². The van der Waals surface area contributed by atoms with Crippen LogP contribution in [0.3, 0.4) is 0 Å². The first-order valence-corrected chi connectivity index (χ1v) is 7.27. The third kappa shape index (κ3) is 2.41. The molecular formula is C14H14Cl2N4. The van der Waals surface area contributed by atoms with Crippen LogP contribution in [0.25, 0.3) is 11.3 Å². The van der Waals surface area contributed by atoms with Gasteiger partial charge in [0.2, 0.25) is 5.95 Å². The molecule has 0 aliphatic carbocycles. The van der Waals surface area contributed by atoms with Crippen molar-refractivity contribution >= 4 is 35.0 Å². The lowest BCUT2D eigenvalue weighted by atomic mass is 10.0. The molecule has 0 radical (unpaired) electrons. The number of anilines is 2. The zero-order valence-corrected chi connectivity index (χ0v) is 12.3. The first-order chi connectivity index (χ1) is 9.66. The Morgan fingerprint density at radius 2 is 1.85 bits per heavy atom. The third-order valence-electron chi connectivity index (χ3n) is 3.37. The fraction of sp³-hybridized carbons (Fsp3) is 0.286. The van der Waals surface area contributed by atoms with Crippen LogP contribution < -0.4 is 11.1 Å². The number of aromatic nitrogens is 2. The highest BCUT2D eigenvalue weighted by Gasteiger charge is 2.20. The Bertz CT molecular complexity index is 638. The summed E-state index contributed by atoms with van der Waals surface area (Å²) in [6.45, 7) is 0.888. The average molecular weight is 309 g/mol. The van der Waals surface area contributed by atoms with Crippen LogP contribution >= 0.6 is 23.2 Å². The number of nitrogens with two attached hydrogens (primary N) is 1. The van der Waals surface area contributed by atoms with Gasteiger partial charge < -0.3 is 11.1 Å². The summed E-state index contributed by atoms with van der Waals surface area (Å²) in [5.74, 6) is 1.02. The minimum atomic E-state index is 0.226. The molecule has 1 aliphatic heterocycles. The lowest BCUT2D eigenvalue weighted by molar-refractivity contribution is 0.785. The molecule has 0 saturated carbocycles. The molecule has 104 valence electrons. The van der Waals surface area contributed by atoms with Gasteiger partial charge in [0.25, 0.3) is 0 Å². The van der Waals surface area contributed by atoms with Crippen molar-refractivity contribution in [3.05, 3.63) is 33.8 Å². The molecule has 1 aliphatic rings. The maximum absolute atomic E-state index is 6.29. The molecule has 0 unspecified atom stereocenters. The van der Waals surface area contributed by atoms with E-state index < -0.39 is 0 Å². The van der Waals surface area contributed by atoms with Crippen molar-refractivity contribution in [3.8, 4) is 11.3 Å². The molecule has 0 bridgehead atoms. The number of nitrogen functional groups attached to an aromatic ring is 1. The standard InChI is InChI=1S/C14H14Cl2N4/c15-9-5-3-6-10(16)11(9)12-8-4-1-2-7-18-13(8)20-14(17)19-12/h3,5-6H,1-2,4,7H2,(H3,17,18,19,20). The second kappa shape index (κ2) is 5.46. The van der Waals surface area contributed by atoms with Gasteiger partial charge in [-0.3, -0.25) is 0 Å². The largest absolute Gasteiger partial charge is 0.370 e. The van der Waals surface area contributed by atoms with Gasteiger partial charge in [-0.2, -0.15) is 4.98 Å². The number of benzene rings is 1. The van der Waals surface area contributed by atoms with Crippen molar-refractivity contribution in [3.63, 3.8) is 0 Å². The SMILES string of the molecule is Nc1nc2c(c(-c3c(Cl)cccc3Cl)n1)CCCCN2. The van der Waals surface area contributed by atoms with Gasteiger partial charge in [0, 0.05) is 17.7 Å². The van der Waals surface area contributed by atoms with E-state index in [2.05, 4.69) is 15.3 Å². The maximum Gasteiger partial charge on any atom is 0.222 e. The highest BCUT2D eigenvalue weighted by molar-refractivity contribution is 6.39. The van der Waals surface area contributed by atoms with E-state index >= 15 is 0 Å². The Balaban J connectivity index is 2.26. The average Bonchev–Trinajstić information content (AvgIpc) is 2.63. The van der Waals surface area contributed by atoms with Gasteiger partial charge >= 0.3 is 0 Å². The fourth-order valence-corrected chi connectivity index (χ4v) is 3.03. The van der Waals surface area contributed by atoms with Gasteiger partial charge in [-0.25, -0.2) is 4.98 Å². The van der Waals surface area contributed by atoms with Crippen molar-refractivity contribution in [2.75, 3.05) is 17.6 Å². The molecule has 0 saturated heterocycles. The van der Waals surface area contributed by atoms with E-state index in [4.69, 9.17) is 28.9 Å². The van der Waals surface area contributed by atoms with Crippen LogP contribution in [0, 0.1) is 0 Å². The molecule has 4 nitrogen and oxygen atoms in total. The van der Waals surface area contributed by atoms with Crippen LogP contribution in [-0.4, -0.2) is 16.5 Å². The first kappa shape index (κ1) is 13.5. The zero-order chi connectivity index (χ0) is 14.1. The molecule has 0 fully saturated rings. The normalized spacial score (nSPS) is 14.3. The Morgan fingerprint density at radius 1 is 1.10 bits per heavy atom. The number of rotatable bonds is 1. The van der Waals surface area contributed by atoms with Crippen LogP contribution in [0.1, 0.15) is 18.4 Å². The first-order valence-electron chi connectivity index (χ1n) is 6.51. The van der Waals surface area contributed by atoms with Crippen LogP contribution in [0.4, 0.5) is 11.8 Å². The van der Waals surface area contributed by atoms with Crippen molar-refractivity contribution in [1.29, 1.82) is 0 Å². The van der Waals surface area contributed by atoms with E-state index in [-0.39, 0.29) is 5.95 Å². The molecule has 20 heavy (non-hydrogen) atoms. The number of nitrogens with one attached hydrogen (secondary N) is 1. The minimum Gasteiger partial charge on any atom is -0.370 e. The summed E-state index contributed by atoms with van der Waals surface area (Å²) >= 11 is 12.6. The van der Waals surface area contributed by atoms with E-state index in [1.54, 1.807) is 12.1 Å². The molecule has 3 rings (SSSR count). The van der Waals surface area contributed by atoms with Gasteiger partial charge in [0.05, 0.1) is 15.7 Å². The van der Waals surface area contributed by atoms with Crippen LogP contribution in [0.2, 0.25) is 10.0 Å². The summed E-state index contributed by atoms with van der Waals surface area (Å²) in [5, 5.41) is 4.44. The number of nitrogens with zero attached hydrogens (tertiary/aromatic N) is 2. The third-order valence-corrected chi connectivity index (χ3v) is 4.00. The number of hydrogen-bond donors (Lipinski definition) is 2. The van der Waals surface area contributed by atoms with E-state index in [0.29, 0.717) is 10.0 Å². The Kier molecular flexibility index (Phi) is 3.68. The molecule has 0 spiro atoms. The second-order valence-corrected chi connectivity index (χ2v) is 5.55. The summed E-state index contributed by atoms with van der Waals surface area (Å²) < 4.78 is 0. The topological polar surface area (TPSA) is 63.8 Å². The van der Waals surface area contributed by atoms with E-state index in [1.807, 2.05) is 6.07 Å². The summed E-state index contributed by atoms with van der Waals surface area (Å²) in [4.78, 5) is 8.67.